The van der Waals surface area contributed by atoms with Crippen molar-refractivity contribution in [2.24, 2.45) is 7.05 Å². The Morgan fingerprint density at radius 1 is 0.800 bits per heavy atom. The molecule has 0 radical (unpaired) electrons. The van der Waals surface area contributed by atoms with Gasteiger partial charge in [0, 0.05) is 11.6 Å². The normalized spacial score (nSPS) is 11.9. The van der Waals surface area contributed by atoms with Crippen LogP contribution in [0.1, 0.15) is 87.1 Å². The summed E-state index contributed by atoms with van der Waals surface area (Å²) in [7, 11) is 2.02. The Balaban J connectivity index is 2.08. The molecule has 0 fully saturated rings. The second kappa shape index (κ2) is 9.53. The highest BCUT2D eigenvalue weighted by Crippen LogP contribution is 2.41. The molecule has 0 saturated carbocycles. The lowest BCUT2D eigenvalue weighted by Gasteiger charge is -2.24. The highest BCUT2D eigenvalue weighted by atomic mass is 19.1. The van der Waals surface area contributed by atoms with Crippen molar-refractivity contribution in [3.05, 3.63) is 82.4 Å². The fourth-order valence-corrected chi connectivity index (χ4v) is 5.08. The molecule has 0 spiro atoms. The Kier molecular flexibility index (Phi) is 6.81. The summed E-state index contributed by atoms with van der Waals surface area (Å²) in [5.41, 5.74) is 12.2. The minimum absolute atomic E-state index is 0.264. The molecule has 1 aromatic heterocycles. The second-order valence-corrected chi connectivity index (χ2v) is 10.9. The number of aryl methyl sites for hydroxylation is 2. The van der Waals surface area contributed by atoms with Gasteiger partial charge in [0.05, 0.1) is 12.4 Å². The topological polar surface area (TPSA) is 16.8 Å². The molecule has 0 unspecified atom stereocenters. The number of nitrogens with zero attached hydrogens (tertiary/aromatic N) is 2. The summed E-state index contributed by atoms with van der Waals surface area (Å²) in [6.07, 6.45) is 1.79. The standard InChI is InChI=1S/C32H38FN2/c1-18(2)23-13-27(19(3)4)31(28(14-23)20(5)6)24-12-21(7)22(8)29(15-24)32-26-11-10-25(33)16-30(26)34-17-35(32)9/h10-20H,1-9H3/q+1. The van der Waals surface area contributed by atoms with Crippen LogP contribution in [0.2, 0.25) is 0 Å². The Labute approximate surface area is 209 Å². The molecule has 0 amide bonds. The SMILES string of the molecule is Cc1cc(-c2c(C(C)C)cc(C(C)C)cc2C(C)C)cc(-c2c3ccc(F)cc3nc[n+]2C)c1C. The third-order valence-corrected chi connectivity index (χ3v) is 7.28. The average Bonchev–Trinajstić information content (AvgIpc) is 2.80. The third kappa shape index (κ3) is 4.61. The zero-order valence-electron chi connectivity index (χ0n) is 22.6. The minimum Gasteiger partial charge on any atom is -0.232 e. The minimum atomic E-state index is -0.264. The predicted octanol–water partition coefficient (Wildman–Crippen LogP) is 8.52. The van der Waals surface area contributed by atoms with Crippen LogP contribution in [0.4, 0.5) is 4.39 Å². The van der Waals surface area contributed by atoms with Crippen molar-refractivity contribution in [2.75, 3.05) is 0 Å². The van der Waals surface area contributed by atoms with Gasteiger partial charge >= 0.3 is 0 Å². The van der Waals surface area contributed by atoms with E-state index in [1.807, 2.05) is 13.1 Å². The van der Waals surface area contributed by atoms with Crippen LogP contribution in [-0.4, -0.2) is 4.98 Å². The molecular weight excluding hydrogens is 431 g/mol. The first-order chi connectivity index (χ1) is 16.5. The summed E-state index contributed by atoms with van der Waals surface area (Å²) >= 11 is 0. The Morgan fingerprint density at radius 2 is 1.43 bits per heavy atom. The molecule has 0 atom stereocenters. The Bertz CT molecular complexity index is 1380. The van der Waals surface area contributed by atoms with Crippen LogP contribution < -0.4 is 4.57 Å². The maximum absolute atomic E-state index is 14.0. The van der Waals surface area contributed by atoms with Gasteiger partial charge in [-0.1, -0.05) is 59.7 Å². The van der Waals surface area contributed by atoms with Crippen LogP contribution in [-0.2, 0) is 7.05 Å². The lowest BCUT2D eigenvalue weighted by molar-refractivity contribution is -0.662. The summed E-state index contributed by atoms with van der Waals surface area (Å²) in [6.45, 7) is 18.1. The molecule has 0 saturated heterocycles. The molecule has 1 heterocycles. The number of benzene rings is 3. The molecule has 0 aliphatic heterocycles. The summed E-state index contributed by atoms with van der Waals surface area (Å²) in [6, 6.07) is 14.4. The fraction of sp³-hybridized carbons (Fsp3) is 0.375. The molecule has 4 rings (SSSR count). The van der Waals surface area contributed by atoms with Gasteiger partial charge in [-0.2, -0.15) is 0 Å². The van der Waals surface area contributed by atoms with E-state index in [4.69, 9.17) is 0 Å². The van der Waals surface area contributed by atoms with Crippen molar-refractivity contribution in [2.45, 2.75) is 73.1 Å². The van der Waals surface area contributed by atoms with Gasteiger partial charge in [-0.15, -0.1) is 0 Å². The van der Waals surface area contributed by atoms with Crippen molar-refractivity contribution in [1.29, 1.82) is 0 Å². The van der Waals surface area contributed by atoms with Crippen molar-refractivity contribution in [3.63, 3.8) is 0 Å². The molecule has 35 heavy (non-hydrogen) atoms. The van der Waals surface area contributed by atoms with Gasteiger partial charge in [-0.05, 0) is 93.7 Å². The molecule has 3 aromatic carbocycles. The number of rotatable bonds is 5. The molecule has 182 valence electrons. The Morgan fingerprint density at radius 3 is 2.00 bits per heavy atom. The van der Waals surface area contributed by atoms with Crippen molar-refractivity contribution in [1.82, 2.24) is 4.98 Å². The van der Waals surface area contributed by atoms with Crippen molar-refractivity contribution < 1.29 is 8.96 Å². The van der Waals surface area contributed by atoms with Crippen LogP contribution in [0, 0.1) is 19.7 Å². The maximum Gasteiger partial charge on any atom is 0.287 e. The van der Waals surface area contributed by atoms with E-state index in [9.17, 15) is 4.39 Å². The first-order valence-corrected chi connectivity index (χ1v) is 12.7. The van der Waals surface area contributed by atoms with E-state index in [0.717, 1.165) is 11.1 Å². The second-order valence-electron chi connectivity index (χ2n) is 10.9. The quantitative estimate of drug-likeness (QED) is 0.268. The Hall–Kier alpha value is -3.07. The van der Waals surface area contributed by atoms with Gasteiger partial charge < -0.3 is 0 Å². The highest BCUT2D eigenvalue weighted by molar-refractivity contribution is 5.93. The largest absolute Gasteiger partial charge is 0.287 e. The van der Waals surface area contributed by atoms with Crippen LogP contribution in [0.25, 0.3) is 33.3 Å². The first-order valence-electron chi connectivity index (χ1n) is 12.7. The predicted molar refractivity (Wildman–Crippen MR) is 145 cm³/mol. The third-order valence-electron chi connectivity index (χ3n) is 7.28. The summed E-state index contributed by atoms with van der Waals surface area (Å²) in [5.74, 6) is 1.04. The monoisotopic (exact) mass is 469 g/mol. The van der Waals surface area contributed by atoms with Crippen LogP contribution in [0.5, 0.6) is 0 Å². The lowest BCUT2D eigenvalue weighted by atomic mass is 9.80. The summed E-state index contributed by atoms with van der Waals surface area (Å²) in [4.78, 5) is 4.48. The molecular formula is C32H38FN2+. The number of aromatic nitrogens is 2. The number of hydrogen-bond donors (Lipinski definition) is 0. The van der Waals surface area contributed by atoms with Gasteiger partial charge in [-0.25, -0.2) is 8.96 Å². The number of halogens is 1. The lowest BCUT2D eigenvalue weighted by Crippen LogP contribution is -2.32. The smallest absolute Gasteiger partial charge is 0.232 e. The molecule has 3 heteroatoms. The van der Waals surface area contributed by atoms with E-state index >= 15 is 0 Å². The number of hydrogen-bond acceptors (Lipinski definition) is 1. The first kappa shape index (κ1) is 25.0. The van der Waals surface area contributed by atoms with Crippen LogP contribution in [0.3, 0.4) is 0 Å². The van der Waals surface area contributed by atoms with Gasteiger partial charge in [0.25, 0.3) is 6.33 Å². The number of fused-ring (bicyclic) bond motifs is 1. The van der Waals surface area contributed by atoms with Crippen molar-refractivity contribution in [3.8, 4) is 22.4 Å². The van der Waals surface area contributed by atoms with E-state index in [-0.39, 0.29) is 5.82 Å². The zero-order chi connectivity index (χ0) is 25.6. The van der Waals surface area contributed by atoms with Crippen molar-refractivity contribution >= 4 is 10.9 Å². The van der Waals surface area contributed by atoms with Gasteiger partial charge in [0.1, 0.15) is 11.5 Å². The highest BCUT2D eigenvalue weighted by Gasteiger charge is 2.23. The zero-order valence-corrected chi connectivity index (χ0v) is 22.6. The molecule has 0 aliphatic rings. The fourth-order valence-electron chi connectivity index (χ4n) is 5.08. The molecule has 2 nitrogen and oxygen atoms in total. The summed E-state index contributed by atoms with van der Waals surface area (Å²) < 4.78 is 16.0. The van der Waals surface area contributed by atoms with E-state index < -0.39 is 0 Å². The van der Waals surface area contributed by atoms with E-state index in [0.29, 0.717) is 23.3 Å². The summed E-state index contributed by atoms with van der Waals surface area (Å²) in [5, 5.41) is 0.958. The van der Waals surface area contributed by atoms with E-state index in [2.05, 4.69) is 89.2 Å². The van der Waals surface area contributed by atoms with Crippen LogP contribution in [0.15, 0.2) is 48.8 Å². The maximum atomic E-state index is 14.0. The van der Waals surface area contributed by atoms with E-state index in [1.54, 1.807) is 6.33 Å². The van der Waals surface area contributed by atoms with Gasteiger partial charge in [-0.3, -0.25) is 0 Å². The van der Waals surface area contributed by atoms with Gasteiger partial charge in [0.15, 0.2) is 5.52 Å². The van der Waals surface area contributed by atoms with Gasteiger partial charge in [0.2, 0.25) is 0 Å². The van der Waals surface area contributed by atoms with E-state index in [1.165, 1.54) is 56.6 Å². The molecule has 0 N–H and O–H groups in total. The van der Waals surface area contributed by atoms with Crippen LogP contribution >= 0.6 is 0 Å². The molecule has 0 bridgehead atoms. The molecule has 0 aliphatic carbocycles. The molecule has 4 aromatic rings. The average molecular weight is 470 g/mol.